The Kier molecular flexibility index (Phi) is 4.59. The van der Waals surface area contributed by atoms with Crippen LogP contribution in [-0.4, -0.2) is 33.2 Å². The summed E-state index contributed by atoms with van der Waals surface area (Å²) in [6.07, 6.45) is 1.49. The lowest BCUT2D eigenvalue weighted by Gasteiger charge is -2.24. The van der Waals surface area contributed by atoms with Gasteiger partial charge in [0.05, 0.1) is 11.1 Å². The fourth-order valence-corrected chi connectivity index (χ4v) is 2.92. The Morgan fingerprint density at radius 1 is 1.26 bits per heavy atom. The summed E-state index contributed by atoms with van der Waals surface area (Å²) in [5.74, 6) is -1.02. The number of hydrogen-bond acceptors (Lipinski definition) is 6. The number of phenolic OH excluding ortho intramolecular Hbond substituents is 1. The first-order valence-corrected chi connectivity index (χ1v) is 8.12. The molecule has 1 aliphatic rings. The van der Waals surface area contributed by atoms with Crippen molar-refractivity contribution in [2.75, 3.05) is 0 Å². The van der Waals surface area contributed by atoms with Gasteiger partial charge in [-0.1, -0.05) is 37.3 Å². The quantitative estimate of drug-likeness (QED) is 0.363. The maximum absolute atomic E-state index is 12.9. The molecule has 138 valence electrons. The zero-order valence-corrected chi connectivity index (χ0v) is 14.3. The van der Waals surface area contributed by atoms with Gasteiger partial charge in [0.25, 0.3) is 5.91 Å². The van der Waals surface area contributed by atoms with Crippen LogP contribution in [0.2, 0.25) is 0 Å². The smallest absolute Gasteiger partial charge is 0.346 e. The van der Waals surface area contributed by atoms with E-state index in [2.05, 4.69) is 10.4 Å². The van der Waals surface area contributed by atoms with E-state index >= 15 is 0 Å². The summed E-state index contributed by atoms with van der Waals surface area (Å²) in [4.78, 5) is 35.4. The van der Waals surface area contributed by atoms with Gasteiger partial charge in [-0.05, 0) is 24.1 Å². The third-order valence-electron chi connectivity index (χ3n) is 4.39. The number of aromatic hydroxyl groups is 1. The van der Waals surface area contributed by atoms with Crippen molar-refractivity contribution in [3.8, 4) is 5.75 Å². The zero-order chi connectivity index (χ0) is 19.6. The van der Waals surface area contributed by atoms with Crippen molar-refractivity contribution in [3.63, 3.8) is 0 Å². The normalized spacial score (nSPS) is 19.5. The summed E-state index contributed by atoms with van der Waals surface area (Å²) in [6, 6.07) is 11.8. The highest BCUT2D eigenvalue weighted by atomic mass is 16.6. The maximum Gasteiger partial charge on any atom is 0.346 e. The molecule has 1 fully saturated rings. The number of rotatable bonds is 5. The number of imide groups is 1. The SMILES string of the molecule is CC[C@]1(c2ccccc2)NC(=O)N(/N=C\c2ccc(O)c([N+](=O)[O-])c2)C1=O. The second-order valence-electron chi connectivity index (χ2n) is 5.92. The van der Waals surface area contributed by atoms with E-state index in [1.807, 2.05) is 6.07 Å². The fraction of sp³-hybridized carbons (Fsp3) is 0.167. The summed E-state index contributed by atoms with van der Waals surface area (Å²) < 4.78 is 0. The molecule has 1 heterocycles. The van der Waals surface area contributed by atoms with Crippen LogP contribution in [0, 0.1) is 10.1 Å². The summed E-state index contributed by atoms with van der Waals surface area (Å²) in [7, 11) is 0. The molecule has 1 saturated heterocycles. The van der Waals surface area contributed by atoms with Gasteiger partial charge in [-0.2, -0.15) is 5.10 Å². The van der Waals surface area contributed by atoms with Gasteiger partial charge in [0.1, 0.15) is 5.54 Å². The van der Waals surface area contributed by atoms with Gasteiger partial charge in [0.15, 0.2) is 5.75 Å². The lowest BCUT2D eigenvalue weighted by molar-refractivity contribution is -0.385. The molecule has 0 aliphatic carbocycles. The molecule has 2 N–H and O–H groups in total. The molecule has 1 aliphatic heterocycles. The number of nitrogens with zero attached hydrogens (tertiary/aromatic N) is 3. The molecule has 0 aromatic heterocycles. The van der Waals surface area contributed by atoms with Crippen LogP contribution in [-0.2, 0) is 10.3 Å². The molecule has 27 heavy (non-hydrogen) atoms. The van der Waals surface area contributed by atoms with Gasteiger partial charge >= 0.3 is 11.7 Å². The van der Waals surface area contributed by atoms with Crippen molar-refractivity contribution >= 4 is 23.8 Å². The molecule has 3 amide bonds. The largest absolute Gasteiger partial charge is 0.502 e. The van der Waals surface area contributed by atoms with Gasteiger partial charge in [-0.25, -0.2) is 4.79 Å². The number of carbonyl (C=O) groups is 2. The van der Waals surface area contributed by atoms with E-state index < -0.39 is 33.8 Å². The van der Waals surface area contributed by atoms with E-state index in [9.17, 15) is 24.8 Å². The van der Waals surface area contributed by atoms with Gasteiger partial charge in [-0.15, -0.1) is 5.01 Å². The van der Waals surface area contributed by atoms with E-state index in [0.717, 1.165) is 18.3 Å². The Bertz CT molecular complexity index is 944. The first-order chi connectivity index (χ1) is 12.9. The number of carbonyl (C=O) groups excluding carboxylic acids is 2. The second kappa shape index (κ2) is 6.87. The number of hydrogen-bond donors (Lipinski definition) is 2. The topological polar surface area (TPSA) is 125 Å². The Labute approximate surface area is 154 Å². The van der Waals surface area contributed by atoms with Crippen LogP contribution in [0.25, 0.3) is 0 Å². The minimum absolute atomic E-state index is 0.258. The van der Waals surface area contributed by atoms with Crippen LogP contribution in [0.15, 0.2) is 53.6 Å². The van der Waals surface area contributed by atoms with Crippen LogP contribution in [0.3, 0.4) is 0 Å². The summed E-state index contributed by atoms with van der Waals surface area (Å²) >= 11 is 0. The van der Waals surface area contributed by atoms with Crippen LogP contribution in [0.5, 0.6) is 5.75 Å². The molecule has 0 spiro atoms. The van der Waals surface area contributed by atoms with Gasteiger partial charge < -0.3 is 10.4 Å². The minimum atomic E-state index is -1.21. The van der Waals surface area contributed by atoms with Crippen LogP contribution < -0.4 is 5.32 Å². The first-order valence-electron chi connectivity index (χ1n) is 8.12. The second-order valence-corrected chi connectivity index (χ2v) is 5.92. The van der Waals surface area contributed by atoms with E-state index in [1.54, 1.807) is 31.2 Å². The van der Waals surface area contributed by atoms with Gasteiger partial charge in [0.2, 0.25) is 0 Å². The molecule has 9 heteroatoms. The average Bonchev–Trinajstić information content (AvgIpc) is 2.92. The molecule has 0 unspecified atom stereocenters. The van der Waals surface area contributed by atoms with E-state index in [0.29, 0.717) is 17.0 Å². The summed E-state index contributed by atoms with van der Waals surface area (Å²) in [5.41, 5.74) is -0.808. The Hall–Kier alpha value is -3.75. The number of phenols is 1. The first kappa shape index (κ1) is 18.1. The highest BCUT2D eigenvalue weighted by Gasteiger charge is 2.51. The Morgan fingerprint density at radius 2 is 1.96 bits per heavy atom. The van der Waals surface area contributed by atoms with Gasteiger partial charge in [-0.3, -0.25) is 14.9 Å². The fourth-order valence-electron chi connectivity index (χ4n) is 2.92. The molecule has 2 aromatic carbocycles. The number of nitro benzene ring substituents is 1. The molecule has 0 bridgehead atoms. The van der Waals surface area contributed by atoms with Crippen molar-refractivity contribution in [2.45, 2.75) is 18.9 Å². The lowest BCUT2D eigenvalue weighted by atomic mass is 9.87. The minimum Gasteiger partial charge on any atom is -0.502 e. The van der Waals surface area contributed by atoms with Crippen LogP contribution in [0.4, 0.5) is 10.5 Å². The Morgan fingerprint density at radius 3 is 2.59 bits per heavy atom. The lowest BCUT2D eigenvalue weighted by Crippen LogP contribution is -2.43. The summed E-state index contributed by atoms with van der Waals surface area (Å²) in [5, 5.41) is 27.7. The van der Waals surface area contributed by atoms with Crippen molar-refractivity contribution < 1.29 is 19.6 Å². The summed E-state index contributed by atoms with van der Waals surface area (Å²) in [6.45, 7) is 1.78. The van der Waals surface area contributed by atoms with E-state index in [-0.39, 0.29) is 5.56 Å². The van der Waals surface area contributed by atoms with Crippen molar-refractivity contribution in [3.05, 3.63) is 69.8 Å². The predicted octanol–water partition coefficient (Wildman–Crippen LogP) is 2.49. The number of nitro groups is 1. The van der Waals surface area contributed by atoms with E-state index in [1.165, 1.54) is 6.07 Å². The van der Waals surface area contributed by atoms with Crippen molar-refractivity contribution in [1.82, 2.24) is 10.3 Å². The van der Waals surface area contributed by atoms with Crippen molar-refractivity contribution in [2.24, 2.45) is 5.10 Å². The predicted molar refractivity (Wildman–Crippen MR) is 96.1 cm³/mol. The number of benzene rings is 2. The number of hydrazone groups is 1. The average molecular weight is 368 g/mol. The number of amides is 3. The van der Waals surface area contributed by atoms with Gasteiger partial charge in [0, 0.05) is 11.6 Å². The standard InChI is InChI=1S/C18H16N4O5/c1-2-18(13-6-4-3-5-7-13)16(24)21(17(25)20-18)19-11-12-8-9-15(23)14(10-12)22(26)27/h3-11,23H,2H2,1H3,(H,20,25)/b19-11-/t18-/m1/s1. The van der Waals surface area contributed by atoms with Crippen molar-refractivity contribution in [1.29, 1.82) is 0 Å². The molecule has 1 atom stereocenters. The van der Waals surface area contributed by atoms with Crippen LogP contribution in [0.1, 0.15) is 24.5 Å². The monoisotopic (exact) mass is 368 g/mol. The third kappa shape index (κ3) is 3.10. The molecule has 0 radical (unpaired) electrons. The highest BCUT2D eigenvalue weighted by molar-refractivity contribution is 6.07. The molecular formula is C18H16N4O5. The molecule has 0 saturated carbocycles. The molecule has 3 rings (SSSR count). The number of urea groups is 1. The maximum atomic E-state index is 12.9. The Balaban J connectivity index is 1.91. The molecule has 9 nitrogen and oxygen atoms in total. The van der Waals surface area contributed by atoms with Crippen LogP contribution >= 0.6 is 0 Å². The number of nitrogens with one attached hydrogen (secondary N) is 1. The molecular weight excluding hydrogens is 352 g/mol. The zero-order valence-electron chi connectivity index (χ0n) is 14.3. The highest BCUT2D eigenvalue weighted by Crippen LogP contribution is 2.32. The van der Waals surface area contributed by atoms with E-state index in [4.69, 9.17) is 0 Å². The molecule has 2 aromatic rings. The third-order valence-corrected chi connectivity index (χ3v) is 4.39.